The summed E-state index contributed by atoms with van der Waals surface area (Å²) in [7, 11) is 0. The molecular formula is C14H7N2O-. The van der Waals surface area contributed by atoms with Gasteiger partial charge >= 0.3 is 0 Å². The molecule has 0 aromatic heterocycles. The minimum Gasteiger partial charge on any atom is -0.872 e. The minimum absolute atomic E-state index is 0.0634. The van der Waals surface area contributed by atoms with Crippen molar-refractivity contribution in [3.63, 3.8) is 0 Å². The van der Waals surface area contributed by atoms with Gasteiger partial charge in [-0.25, -0.2) is 0 Å². The van der Waals surface area contributed by atoms with E-state index in [-0.39, 0.29) is 5.75 Å². The average Bonchev–Trinajstić information content (AvgIpc) is 2.81. The van der Waals surface area contributed by atoms with Crippen LogP contribution in [0.4, 0.5) is 11.4 Å². The Morgan fingerprint density at radius 1 is 0.765 bits per heavy atom. The third kappa shape index (κ3) is 0.959. The van der Waals surface area contributed by atoms with Crippen LogP contribution in [0.5, 0.6) is 5.75 Å². The second kappa shape index (κ2) is 2.83. The lowest BCUT2D eigenvalue weighted by atomic mass is 9.99. The molecule has 1 aliphatic heterocycles. The molecule has 0 unspecified atom stereocenters. The lowest BCUT2D eigenvalue weighted by Gasteiger charge is -2.15. The third-order valence-electron chi connectivity index (χ3n) is 3.21. The van der Waals surface area contributed by atoms with Crippen LogP contribution in [-0.2, 0) is 0 Å². The van der Waals surface area contributed by atoms with Gasteiger partial charge in [-0.15, -0.1) is 10.2 Å². The highest BCUT2D eigenvalue weighted by Gasteiger charge is 2.15. The molecule has 4 rings (SSSR count). The zero-order valence-electron chi connectivity index (χ0n) is 8.84. The van der Waals surface area contributed by atoms with Gasteiger partial charge in [0.2, 0.25) is 0 Å². The van der Waals surface area contributed by atoms with E-state index in [2.05, 4.69) is 10.2 Å². The molecule has 0 aliphatic carbocycles. The van der Waals surface area contributed by atoms with E-state index in [9.17, 15) is 5.11 Å². The fourth-order valence-corrected chi connectivity index (χ4v) is 2.44. The van der Waals surface area contributed by atoms with Crippen molar-refractivity contribution in [1.29, 1.82) is 0 Å². The Morgan fingerprint density at radius 3 is 2.41 bits per heavy atom. The van der Waals surface area contributed by atoms with E-state index in [1.165, 1.54) is 0 Å². The molecule has 3 heteroatoms. The summed E-state index contributed by atoms with van der Waals surface area (Å²) in [6, 6.07) is 13.1. The lowest BCUT2D eigenvalue weighted by molar-refractivity contribution is -0.263. The standard InChI is InChI=1S/C14H8N2O/c17-14-9-5-2-1-4-8(9)13-12-10(14)6-3-7-11(12)15-16-13/h1-7,17H/p-1. The van der Waals surface area contributed by atoms with Gasteiger partial charge in [-0.05, 0) is 16.8 Å². The number of rotatable bonds is 0. The summed E-state index contributed by atoms with van der Waals surface area (Å²) >= 11 is 0. The van der Waals surface area contributed by atoms with Crippen LogP contribution < -0.4 is 5.11 Å². The maximum atomic E-state index is 12.3. The molecule has 0 spiro atoms. The van der Waals surface area contributed by atoms with Gasteiger partial charge in [0, 0.05) is 10.8 Å². The molecule has 1 heterocycles. The molecule has 0 amide bonds. The lowest BCUT2D eigenvalue weighted by Crippen LogP contribution is -1.92. The van der Waals surface area contributed by atoms with Crippen molar-refractivity contribution in [2.24, 2.45) is 10.2 Å². The van der Waals surface area contributed by atoms with Crippen LogP contribution in [0, 0.1) is 0 Å². The summed E-state index contributed by atoms with van der Waals surface area (Å²) in [6.07, 6.45) is 0. The van der Waals surface area contributed by atoms with Gasteiger partial charge in [0.1, 0.15) is 5.69 Å². The van der Waals surface area contributed by atoms with Gasteiger partial charge in [0.25, 0.3) is 0 Å². The molecule has 3 nitrogen and oxygen atoms in total. The summed E-state index contributed by atoms with van der Waals surface area (Å²) in [5, 5.41) is 23.9. The second-order valence-corrected chi connectivity index (χ2v) is 4.12. The van der Waals surface area contributed by atoms with Crippen LogP contribution in [0.1, 0.15) is 0 Å². The predicted octanol–water partition coefficient (Wildman–Crippen LogP) is 3.80. The Morgan fingerprint density at radius 2 is 1.53 bits per heavy atom. The van der Waals surface area contributed by atoms with E-state index in [4.69, 9.17) is 0 Å². The largest absolute Gasteiger partial charge is 0.872 e. The molecule has 3 aromatic carbocycles. The molecule has 17 heavy (non-hydrogen) atoms. The number of azo groups is 1. The second-order valence-electron chi connectivity index (χ2n) is 4.12. The molecule has 0 fully saturated rings. The van der Waals surface area contributed by atoms with Crippen molar-refractivity contribution in [1.82, 2.24) is 0 Å². The molecular weight excluding hydrogens is 212 g/mol. The van der Waals surface area contributed by atoms with Gasteiger partial charge in [-0.2, -0.15) is 0 Å². The maximum Gasteiger partial charge on any atom is 0.104 e. The highest BCUT2D eigenvalue weighted by Crippen LogP contribution is 2.48. The van der Waals surface area contributed by atoms with Crippen molar-refractivity contribution in [2.75, 3.05) is 0 Å². The fourth-order valence-electron chi connectivity index (χ4n) is 2.44. The van der Waals surface area contributed by atoms with E-state index in [0.717, 1.165) is 22.1 Å². The monoisotopic (exact) mass is 219 g/mol. The van der Waals surface area contributed by atoms with Crippen LogP contribution in [0.15, 0.2) is 52.7 Å². The first-order valence-electron chi connectivity index (χ1n) is 5.42. The summed E-state index contributed by atoms with van der Waals surface area (Å²) in [5.41, 5.74) is 1.62. The van der Waals surface area contributed by atoms with Crippen molar-refractivity contribution in [3.05, 3.63) is 42.5 Å². The molecule has 80 valence electrons. The molecule has 0 bridgehead atoms. The molecule has 1 aliphatic rings. The Balaban J connectivity index is 2.42. The van der Waals surface area contributed by atoms with Gasteiger partial charge in [0.05, 0.1) is 5.69 Å². The van der Waals surface area contributed by atoms with E-state index in [0.29, 0.717) is 10.8 Å². The van der Waals surface area contributed by atoms with Crippen molar-refractivity contribution in [3.8, 4) is 5.75 Å². The highest BCUT2D eigenvalue weighted by molar-refractivity contribution is 6.18. The Kier molecular flexibility index (Phi) is 1.45. The normalized spacial score (nSPS) is 12.7. The number of nitrogens with zero attached hydrogens (tertiary/aromatic N) is 2. The van der Waals surface area contributed by atoms with Gasteiger partial charge in [0.15, 0.2) is 0 Å². The van der Waals surface area contributed by atoms with E-state index >= 15 is 0 Å². The number of fused-ring (bicyclic) bond motifs is 2. The van der Waals surface area contributed by atoms with E-state index in [1.807, 2.05) is 42.5 Å². The van der Waals surface area contributed by atoms with Crippen LogP contribution >= 0.6 is 0 Å². The fraction of sp³-hybridized carbons (Fsp3) is 0. The first-order chi connectivity index (χ1) is 8.36. The summed E-state index contributed by atoms with van der Waals surface area (Å²) in [5.74, 6) is 0.0634. The Hall–Kier alpha value is -2.42. The summed E-state index contributed by atoms with van der Waals surface area (Å²) in [6.45, 7) is 0. The third-order valence-corrected chi connectivity index (χ3v) is 3.21. The van der Waals surface area contributed by atoms with Crippen molar-refractivity contribution >= 4 is 32.9 Å². The van der Waals surface area contributed by atoms with Crippen LogP contribution in [0.2, 0.25) is 0 Å². The number of benzene rings is 3. The van der Waals surface area contributed by atoms with Gasteiger partial charge < -0.3 is 5.11 Å². The van der Waals surface area contributed by atoms with Gasteiger partial charge in [-0.1, -0.05) is 42.1 Å². The molecule has 0 atom stereocenters. The Labute approximate surface area is 97.0 Å². The van der Waals surface area contributed by atoms with Crippen LogP contribution in [0.3, 0.4) is 0 Å². The average molecular weight is 219 g/mol. The SMILES string of the molecule is [O-]c1c2ccccc2c2c3c(cccc13)N=N2. The first-order valence-corrected chi connectivity index (χ1v) is 5.42. The molecule has 0 saturated heterocycles. The quantitative estimate of drug-likeness (QED) is 0.415. The zero-order chi connectivity index (χ0) is 11.4. The summed E-state index contributed by atoms with van der Waals surface area (Å²) in [4.78, 5) is 0. The predicted molar refractivity (Wildman–Crippen MR) is 65.1 cm³/mol. The van der Waals surface area contributed by atoms with E-state index < -0.39 is 0 Å². The summed E-state index contributed by atoms with van der Waals surface area (Å²) < 4.78 is 0. The molecule has 0 radical (unpaired) electrons. The number of hydrogen-bond donors (Lipinski definition) is 0. The van der Waals surface area contributed by atoms with E-state index in [1.54, 1.807) is 0 Å². The first kappa shape index (κ1) is 8.70. The highest BCUT2D eigenvalue weighted by atomic mass is 16.3. The van der Waals surface area contributed by atoms with Crippen LogP contribution in [0.25, 0.3) is 21.5 Å². The topological polar surface area (TPSA) is 47.8 Å². The molecule has 3 aromatic rings. The van der Waals surface area contributed by atoms with Crippen LogP contribution in [-0.4, -0.2) is 0 Å². The maximum absolute atomic E-state index is 12.3. The molecule has 0 N–H and O–H groups in total. The van der Waals surface area contributed by atoms with Gasteiger partial charge in [-0.3, -0.25) is 0 Å². The minimum atomic E-state index is 0.0634. The molecule has 0 saturated carbocycles. The smallest absolute Gasteiger partial charge is 0.104 e. The number of hydrogen-bond acceptors (Lipinski definition) is 3. The van der Waals surface area contributed by atoms with Crippen molar-refractivity contribution in [2.45, 2.75) is 0 Å². The van der Waals surface area contributed by atoms with Crippen molar-refractivity contribution < 1.29 is 5.11 Å². The Bertz CT molecular complexity index is 806. The zero-order valence-corrected chi connectivity index (χ0v) is 8.84.